The van der Waals surface area contributed by atoms with Crippen molar-refractivity contribution in [2.24, 2.45) is 0 Å². The number of alkyl halides is 2. The van der Waals surface area contributed by atoms with E-state index in [1.807, 2.05) is 0 Å². The molecule has 10 heavy (non-hydrogen) atoms. The van der Waals surface area contributed by atoms with Crippen molar-refractivity contribution < 1.29 is 0 Å². The minimum Gasteiger partial charge on any atom is -0.0675 e. The summed E-state index contributed by atoms with van der Waals surface area (Å²) in [4.78, 5) is 0. The van der Waals surface area contributed by atoms with Crippen LogP contribution in [-0.2, 0) is 0 Å². The smallest absolute Gasteiger partial charge is 0.0675 e. The average Bonchev–Trinajstić information content (AvgIpc) is 1.78. The van der Waals surface area contributed by atoms with Gasteiger partial charge < -0.3 is 0 Å². The van der Waals surface area contributed by atoms with Crippen LogP contribution in [0.4, 0.5) is 0 Å². The Morgan fingerprint density at radius 2 is 1.70 bits per heavy atom. The van der Waals surface area contributed by atoms with Crippen molar-refractivity contribution in [3.8, 4) is 0 Å². The van der Waals surface area contributed by atoms with E-state index < -0.39 is 0 Å². The predicted octanol–water partition coefficient (Wildman–Crippen LogP) is 4.54. The third-order valence-electron chi connectivity index (χ3n) is 1.47. The molecule has 0 atom stereocenters. The molecule has 62 valence electrons. The Kier molecular flexibility index (Phi) is 6.91. The van der Waals surface area contributed by atoms with Crippen LogP contribution in [0.3, 0.4) is 0 Å². The molecule has 0 spiro atoms. The fourth-order valence-corrected chi connectivity index (χ4v) is 1.62. The first kappa shape index (κ1) is 11.5. The highest BCUT2D eigenvalue weighted by Crippen LogP contribution is 2.32. The van der Waals surface area contributed by atoms with Gasteiger partial charge in [0.15, 0.2) is 0 Å². The molecule has 0 N–H and O–H groups in total. The minimum atomic E-state index is 0.489. The summed E-state index contributed by atoms with van der Waals surface area (Å²) in [5.74, 6) is 0. The zero-order valence-electron chi connectivity index (χ0n) is 6.79. The Labute approximate surface area is 91.8 Å². The van der Waals surface area contributed by atoms with E-state index in [4.69, 9.17) is 0 Å². The largest absolute Gasteiger partial charge is 0.0706 e. The van der Waals surface area contributed by atoms with E-state index in [1.54, 1.807) is 0 Å². The van der Waals surface area contributed by atoms with Gasteiger partial charge in [-0.15, -0.1) is 0 Å². The molecule has 0 aromatic rings. The van der Waals surface area contributed by atoms with Crippen molar-refractivity contribution in [1.29, 1.82) is 0 Å². The Morgan fingerprint density at radius 3 is 2.10 bits per heavy atom. The summed E-state index contributed by atoms with van der Waals surface area (Å²) in [7, 11) is 0. The van der Waals surface area contributed by atoms with E-state index in [0.717, 1.165) is 0 Å². The van der Waals surface area contributed by atoms with E-state index in [2.05, 4.69) is 59.0 Å². The molecule has 2 heteroatoms. The van der Waals surface area contributed by atoms with Crippen molar-refractivity contribution in [2.75, 3.05) is 0 Å². The molecule has 0 heterocycles. The monoisotopic (exact) mass is 366 g/mol. The molecule has 0 amide bonds. The average molecular weight is 366 g/mol. The third-order valence-corrected chi connectivity index (χ3v) is 2.55. The topological polar surface area (TPSA) is 0 Å². The Hall–Kier alpha value is 1.46. The summed E-state index contributed by atoms with van der Waals surface area (Å²) in [6.07, 6.45) is 6.92. The van der Waals surface area contributed by atoms with E-state index >= 15 is 0 Å². The lowest BCUT2D eigenvalue weighted by Gasteiger charge is -2.12. The fraction of sp³-hybridized carbons (Fsp3) is 1.00. The number of unbranched alkanes of at least 4 members (excludes halogenated alkanes) is 3. The molecule has 0 aliphatic carbocycles. The lowest BCUT2D eigenvalue weighted by atomic mass is 10.1. The number of rotatable bonds is 5. The zero-order valence-corrected chi connectivity index (χ0v) is 11.1. The molecule has 0 nitrogen and oxygen atoms in total. The molecular formula is C8H16I2. The molecule has 0 rings (SSSR count). The highest BCUT2D eigenvalue weighted by atomic mass is 127. The van der Waals surface area contributed by atoms with Gasteiger partial charge in [0.25, 0.3) is 0 Å². The standard InChI is InChI=1S/C8H16I2/c1-3-4-5-6-7-8(2,9)10/h3-7H2,1-2H3. The maximum atomic E-state index is 2.52. The highest BCUT2D eigenvalue weighted by Gasteiger charge is 2.12. The van der Waals surface area contributed by atoms with Gasteiger partial charge in [0.1, 0.15) is 0 Å². The molecule has 0 aliphatic heterocycles. The molecule has 0 unspecified atom stereocenters. The summed E-state index contributed by atoms with van der Waals surface area (Å²) in [5.41, 5.74) is 0. The second-order valence-corrected chi connectivity index (χ2v) is 9.71. The van der Waals surface area contributed by atoms with Gasteiger partial charge in [-0.1, -0.05) is 77.8 Å². The Morgan fingerprint density at radius 1 is 1.10 bits per heavy atom. The first-order valence-electron chi connectivity index (χ1n) is 3.94. The summed E-state index contributed by atoms with van der Waals surface area (Å²) < 4.78 is 0.489. The van der Waals surface area contributed by atoms with Crippen molar-refractivity contribution in [3.63, 3.8) is 0 Å². The van der Waals surface area contributed by atoms with Gasteiger partial charge >= 0.3 is 0 Å². The first-order valence-corrected chi connectivity index (χ1v) is 6.10. The van der Waals surface area contributed by atoms with Gasteiger partial charge in [-0.05, 0) is 13.3 Å². The normalized spacial score (nSPS) is 12.0. The minimum absolute atomic E-state index is 0.489. The quantitative estimate of drug-likeness (QED) is 0.381. The molecule has 0 radical (unpaired) electrons. The molecule has 0 aliphatic rings. The maximum Gasteiger partial charge on any atom is 0.0706 e. The summed E-state index contributed by atoms with van der Waals surface area (Å²) in [6, 6.07) is 0. The lowest BCUT2D eigenvalue weighted by molar-refractivity contribution is 0.631. The van der Waals surface area contributed by atoms with Crippen LogP contribution < -0.4 is 0 Å². The Balaban J connectivity index is 3.04. The third kappa shape index (κ3) is 9.46. The zero-order chi connectivity index (χ0) is 8.04. The van der Waals surface area contributed by atoms with Gasteiger partial charge in [0.2, 0.25) is 0 Å². The molecular weight excluding hydrogens is 350 g/mol. The van der Waals surface area contributed by atoms with Gasteiger partial charge in [-0.2, -0.15) is 0 Å². The maximum absolute atomic E-state index is 2.52. The first-order chi connectivity index (χ1) is 4.56. The van der Waals surface area contributed by atoms with Crippen LogP contribution in [0.15, 0.2) is 0 Å². The molecule has 0 bridgehead atoms. The summed E-state index contributed by atoms with van der Waals surface area (Å²) in [5, 5.41) is 0. The van der Waals surface area contributed by atoms with E-state index in [1.165, 1.54) is 32.1 Å². The van der Waals surface area contributed by atoms with Gasteiger partial charge in [-0.25, -0.2) is 0 Å². The van der Waals surface area contributed by atoms with Crippen LogP contribution in [0.5, 0.6) is 0 Å². The second-order valence-electron chi connectivity index (χ2n) is 2.88. The van der Waals surface area contributed by atoms with Crippen LogP contribution in [0.1, 0.15) is 46.0 Å². The Bertz CT molecular complexity index is 73.8. The highest BCUT2D eigenvalue weighted by molar-refractivity contribution is 14.2. The molecule has 0 fully saturated rings. The van der Waals surface area contributed by atoms with E-state index in [-0.39, 0.29) is 0 Å². The van der Waals surface area contributed by atoms with Crippen LogP contribution in [0, 0.1) is 0 Å². The van der Waals surface area contributed by atoms with Gasteiger partial charge in [-0.3, -0.25) is 0 Å². The van der Waals surface area contributed by atoms with Crippen molar-refractivity contribution in [1.82, 2.24) is 0 Å². The predicted molar refractivity (Wildman–Crippen MR) is 65.2 cm³/mol. The SMILES string of the molecule is CCCCCCC(C)(I)I. The number of halogens is 2. The van der Waals surface area contributed by atoms with Crippen molar-refractivity contribution in [2.45, 2.75) is 47.4 Å². The second kappa shape index (κ2) is 6.03. The molecule has 0 saturated heterocycles. The van der Waals surface area contributed by atoms with Gasteiger partial charge in [0.05, 0.1) is 1.43 Å². The van der Waals surface area contributed by atoms with Crippen molar-refractivity contribution >= 4 is 45.2 Å². The molecule has 0 aromatic carbocycles. The lowest BCUT2D eigenvalue weighted by Crippen LogP contribution is -2.02. The van der Waals surface area contributed by atoms with Crippen LogP contribution >= 0.6 is 45.2 Å². The van der Waals surface area contributed by atoms with Gasteiger partial charge in [0, 0.05) is 0 Å². The van der Waals surface area contributed by atoms with Crippen LogP contribution in [0.25, 0.3) is 0 Å². The number of hydrogen-bond donors (Lipinski definition) is 0. The summed E-state index contributed by atoms with van der Waals surface area (Å²) >= 11 is 5.03. The fourth-order valence-electron chi connectivity index (χ4n) is 0.862. The van der Waals surface area contributed by atoms with Crippen LogP contribution in [-0.4, -0.2) is 1.43 Å². The van der Waals surface area contributed by atoms with Crippen LogP contribution in [0.2, 0.25) is 0 Å². The van der Waals surface area contributed by atoms with E-state index in [0.29, 0.717) is 1.43 Å². The van der Waals surface area contributed by atoms with Crippen molar-refractivity contribution in [3.05, 3.63) is 0 Å². The van der Waals surface area contributed by atoms with E-state index in [9.17, 15) is 0 Å². The summed E-state index contributed by atoms with van der Waals surface area (Å²) in [6.45, 7) is 4.55. The molecule has 0 aromatic heterocycles. The molecule has 0 saturated carbocycles. The number of hydrogen-bond acceptors (Lipinski definition) is 0.